The number of morpholine rings is 2. The number of nitrogens with zero attached hydrogens (tertiary/aromatic N) is 4. The van der Waals surface area contributed by atoms with Gasteiger partial charge in [0.1, 0.15) is 15.3 Å². The lowest BCUT2D eigenvalue weighted by molar-refractivity contribution is -0.367. The molecule has 29 heavy (non-hydrogen) atoms. The second-order valence-corrected chi connectivity index (χ2v) is 9.01. The number of hydrogen-bond acceptors (Lipinski definition) is 7. The van der Waals surface area contributed by atoms with Gasteiger partial charge >= 0.3 is 0 Å². The minimum atomic E-state index is 0.775. The molecule has 5 heterocycles. The predicted octanol–water partition coefficient (Wildman–Crippen LogP) is 2.21. The third-order valence-electron chi connectivity index (χ3n) is 6.36. The summed E-state index contributed by atoms with van der Waals surface area (Å²) in [4.78, 5) is 19.4. The van der Waals surface area contributed by atoms with E-state index >= 15 is 0 Å². The molecule has 7 nitrogen and oxygen atoms in total. The Morgan fingerprint density at radius 3 is 2.34 bits per heavy atom. The van der Waals surface area contributed by atoms with Gasteiger partial charge in [-0.1, -0.05) is 0 Å². The number of H-pyrrole nitrogens is 1. The van der Waals surface area contributed by atoms with Crippen LogP contribution in [0.4, 0.5) is 11.6 Å². The number of nitrogens with one attached hydrogen (secondary N) is 1. The highest BCUT2D eigenvalue weighted by Crippen LogP contribution is 2.42. The summed E-state index contributed by atoms with van der Waals surface area (Å²) in [6.07, 6.45) is 6.60. The fourth-order valence-corrected chi connectivity index (χ4v) is 6.10. The largest absolute Gasteiger partial charge is 0.378 e. The first-order valence-electron chi connectivity index (χ1n) is 10.7. The lowest BCUT2D eigenvalue weighted by Crippen LogP contribution is -2.39. The molecule has 1 aliphatic carbocycles. The molecule has 0 aromatic carbocycles. The van der Waals surface area contributed by atoms with Gasteiger partial charge in [0.2, 0.25) is 12.1 Å². The molecule has 0 atom stereocenters. The second kappa shape index (κ2) is 7.34. The molecule has 0 saturated carbocycles. The van der Waals surface area contributed by atoms with Crippen molar-refractivity contribution in [3.05, 3.63) is 17.5 Å². The van der Waals surface area contributed by atoms with E-state index in [2.05, 4.69) is 14.8 Å². The summed E-state index contributed by atoms with van der Waals surface area (Å²) in [7, 11) is 0. The number of aryl methyl sites for hydroxylation is 1. The predicted molar refractivity (Wildman–Crippen MR) is 114 cm³/mol. The van der Waals surface area contributed by atoms with Crippen molar-refractivity contribution in [1.29, 1.82) is 0 Å². The molecule has 0 unspecified atom stereocenters. The summed E-state index contributed by atoms with van der Waals surface area (Å²) in [5.41, 5.74) is 4.05. The summed E-state index contributed by atoms with van der Waals surface area (Å²) < 4.78 is 12.4. The maximum Gasteiger partial charge on any atom is 0.242 e. The van der Waals surface area contributed by atoms with Crippen LogP contribution in [-0.4, -0.2) is 62.6 Å². The van der Waals surface area contributed by atoms with Crippen LogP contribution in [0.5, 0.6) is 0 Å². The highest BCUT2D eigenvalue weighted by Gasteiger charge is 2.29. The number of anilines is 2. The van der Waals surface area contributed by atoms with Crippen LogP contribution in [0.3, 0.4) is 0 Å². The monoisotopic (exact) mass is 412 g/mol. The first-order valence-corrected chi connectivity index (χ1v) is 11.5. The van der Waals surface area contributed by atoms with Gasteiger partial charge in [-0.15, -0.1) is 16.3 Å². The summed E-state index contributed by atoms with van der Waals surface area (Å²) in [6.45, 7) is 6.82. The Hall–Kier alpha value is -2.03. The molecule has 3 aromatic heterocycles. The van der Waals surface area contributed by atoms with Gasteiger partial charge in [0, 0.05) is 13.1 Å². The van der Waals surface area contributed by atoms with Crippen LogP contribution in [0.2, 0.25) is 0 Å². The highest BCUT2D eigenvalue weighted by atomic mass is 32.1. The summed E-state index contributed by atoms with van der Waals surface area (Å²) in [6, 6.07) is 0. The zero-order chi connectivity index (χ0) is 19.2. The normalized spacial score (nSPS) is 20.4. The Kier molecular flexibility index (Phi) is 4.50. The number of thiophene rings is 1. The van der Waals surface area contributed by atoms with Crippen LogP contribution >= 0.6 is 11.3 Å². The molecule has 8 heteroatoms. The van der Waals surface area contributed by atoms with Gasteiger partial charge < -0.3 is 14.4 Å². The molecular weight excluding hydrogens is 386 g/mol. The number of hydrogen-bond donors (Lipinski definition) is 0. The maximum atomic E-state index is 5.59. The zero-order valence-corrected chi connectivity index (χ0v) is 17.4. The molecule has 0 amide bonds. The van der Waals surface area contributed by atoms with Crippen LogP contribution in [-0.2, 0) is 22.3 Å². The molecule has 152 valence electrons. The molecule has 3 aliphatic rings. The van der Waals surface area contributed by atoms with Crippen molar-refractivity contribution in [3.8, 4) is 0 Å². The summed E-state index contributed by atoms with van der Waals surface area (Å²) in [5, 5.41) is 1.29. The number of aromatic amines is 1. The van der Waals surface area contributed by atoms with Crippen molar-refractivity contribution in [3.63, 3.8) is 0 Å². The Morgan fingerprint density at radius 2 is 1.59 bits per heavy atom. The van der Waals surface area contributed by atoms with E-state index < -0.39 is 0 Å². The number of aromatic nitrogens is 3. The third kappa shape index (κ3) is 2.96. The molecular formula is C21H26N5O2S+. The van der Waals surface area contributed by atoms with Crippen molar-refractivity contribution in [1.82, 2.24) is 9.97 Å². The van der Waals surface area contributed by atoms with E-state index in [1.165, 1.54) is 45.7 Å². The molecule has 0 radical (unpaired) electrons. The average molecular weight is 413 g/mol. The lowest BCUT2D eigenvalue weighted by atomic mass is 9.90. The molecule has 6 rings (SSSR count). The lowest BCUT2D eigenvalue weighted by Gasteiger charge is -2.31. The Labute approximate surface area is 173 Å². The van der Waals surface area contributed by atoms with E-state index in [1.54, 1.807) is 11.3 Å². The fraction of sp³-hybridized carbons (Fsp3) is 0.571. The van der Waals surface area contributed by atoms with E-state index in [-0.39, 0.29) is 0 Å². The van der Waals surface area contributed by atoms with Crippen LogP contribution in [0.1, 0.15) is 24.0 Å². The number of rotatable bonds is 2. The Bertz CT molecular complexity index is 1060. The van der Waals surface area contributed by atoms with Crippen LogP contribution in [0, 0.1) is 0 Å². The third-order valence-corrected chi connectivity index (χ3v) is 7.44. The van der Waals surface area contributed by atoms with Gasteiger partial charge in [-0.2, -0.15) is 0 Å². The van der Waals surface area contributed by atoms with E-state index in [4.69, 9.17) is 19.4 Å². The van der Waals surface area contributed by atoms with Crippen molar-refractivity contribution in [2.24, 2.45) is 0 Å². The Morgan fingerprint density at radius 1 is 0.897 bits per heavy atom. The van der Waals surface area contributed by atoms with E-state index in [9.17, 15) is 0 Å². The number of pyridine rings is 1. The average Bonchev–Trinajstić information content (AvgIpc) is 3.18. The minimum absolute atomic E-state index is 0.775. The molecule has 2 aliphatic heterocycles. The molecule has 0 bridgehead atoms. The molecule has 1 N–H and O–H groups in total. The van der Waals surface area contributed by atoms with Crippen LogP contribution in [0.15, 0.2) is 6.33 Å². The topological polar surface area (TPSA) is 64.9 Å². The second-order valence-electron chi connectivity index (χ2n) is 8.01. The first kappa shape index (κ1) is 17.8. The van der Waals surface area contributed by atoms with Gasteiger partial charge in [0.15, 0.2) is 5.52 Å². The molecule has 2 saturated heterocycles. The summed E-state index contributed by atoms with van der Waals surface area (Å²) >= 11 is 1.79. The highest BCUT2D eigenvalue weighted by molar-refractivity contribution is 7.26. The quantitative estimate of drug-likeness (QED) is 0.643. The van der Waals surface area contributed by atoms with Gasteiger partial charge in [-0.3, -0.25) is 4.90 Å². The molecule has 3 aromatic rings. The van der Waals surface area contributed by atoms with Crippen molar-refractivity contribution < 1.29 is 14.5 Å². The maximum absolute atomic E-state index is 5.59. The smallest absolute Gasteiger partial charge is 0.242 e. The number of fused-ring (bicyclic) bond motifs is 5. The van der Waals surface area contributed by atoms with Crippen LogP contribution in [0.25, 0.3) is 20.4 Å². The van der Waals surface area contributed by atoms with Gasteiger partial charge in [-0.05, 0) is 36.8 Å². The summed E-state index contributed by atoms with van der Waals surface area (Å²) in [5.74, 6) is 2.36. The SMILES string of the molecule is c1nc2c(sc3nc(N4CCOCC4)c4c(c32)CCCC4)c(N2CCOCC2)[nH+]1. The minimum Gasteiger partial charge on any atom is -0.378 e. The number of ether oxygens (including phenoxy) is 2. The molecule has 2 fully saturated rings. The van der Waals surface area contributed by atoms with Gasteiger partial charge in [-0.25, -0.2) is 9.97 Å². The van der Waals surface area contributed by atoms with E-state index in [1.807, 2.05) is 6.33 Å². The first-order chi connectivity index (χ1) is 14.4. The van der Waals surface area contributed by atoms with Gasteiger partial charge in [0.25, 0.3) is 0 Å². The van der Waals surface area contributed by atoms with Crippen molar-refractivity contribution >= 4 is 43.4 Å². The fourth-order valence-electron chi connectivity index (χ4n) is 4.92. The molecule has 0 spiro atoms. The van der Waals surface area contributed by atoms with E-state index in [0.717, 1.165) is 75.8 Å². The van der Waals surface area contributed by atoms with Gasteiger partial charge in [0.05, 0.1) is 44.9 Å². The van der Waals surface area contributed by atoms with E-state index in [0.29, 0.717) is 0 Å². The van der Waals surface area contributed by atoms with Crippen molar-refractivity contribution in [2.45, 2.75) is 25.7 Å². The zero-order valence-electron chi connectivity index (χ0n) is 16.6. The Balaban J connectivity index is 1.57. The van der Waals surface area contributed by atoms with Crippen molar-refractivity contribution in [2.75, 3.05) is 62.4 Å². The van der Waals surface area contributed by atoms with Crippen LogP contribution < -0.4 is 14.8 Å². The standard InChI is InChI=1S/C21H25N5O2S/c1-2-4-15-14(3-1)16-17-18(20(23-13-22-17)26-7-11-28-12-8-26)29-21(16)24-19(15)25-5-9-27-10-6-25/h13H,1-12H2/p+1.